The summed E-state index contributed by atoms with van der Waals surface area (Å²) in [4.78, 5) is 34.3. The van der Waals surface area contributed by atoms with Crippen molar-refractivity contribution in [3.63, 3.8) is 0 Å². The summed E-state index contributed by atoms with van der Waals surface area (Å²) in [5.41, 5.74) is 14.9. The van der Waals surface area contributed by atoms with Crippen molar-refractivity contribution in [1.82, 2.24) is 14.5 Å². The van der Waals surface area contributed by atoms with E-state index < -0.39 is 17.2 Å². The third kappa shape index (κ3) is 3.82. The van der Waals surface area contributed by atoms with E-state index in [0.29, 0.717) is 35.6 Å². The molecule has 0 saturated carbocycles. The lowest BCUT2D eigenvalue weighted by molar-refractivity contribution is 0.0695. The Labute approximate surface area is 199 Å². The molecule has 0 radical (unpaired) electrons. The van der Waals surface area contributed by atoms with Crippen LogP contribution in [0, 0.1) is 5.82 Å². The summed E-state index contributed by atoms with van der Waals surface area (Å²) in [5, 5.41) is 9.39. The maximum Gasteiger partial charge on any atom is 0.341 e. The number of anilines is 3. The average Bonchev–Trinajstić information content (AvgIpc) is 3.23. The van der Waals surface area contributed by atoms with Gasteiger partial charge in [0, 0.05) is 54.2 Å². The van der Waals surface area contributed by atoms with Crippen LogP contribution in [-0.4, -0.2) is 32.2 Å². The highest BCUT2D eigenvalue weighted by atomic mass is 19.1. The van der Waals surface area contributed by atoms with Gasteiger partial charge >= 0.3 is 5.97 Å². The Kier molecular flexibility index (Phi) is 5.35. The number of nitrogens with two attached hydrogens (primary N) is 2. The number of pyridine rings is 1. The number of fused-ring (bicyclic) bond motifs is 2. The number of aromatic nitrogens is 3. The molecule has 1 aliphatic rings. The number of halogens is 1. The number of carboxylic acids is 1. The van der Waals surface area contributed by atoms with E-state index >= 15 is 4.39 Å². The monoisotopic (exact) mass is 474 g/mol. The molecular weight excluding hydrogens is 451 g/mol. The number of nitrogen functional groups attached to an aromatic ring is 2. The van der Waals surface area contributed by atoms with Crippen LogP contribution in [-0.2, 0) is 19.5 Å². The molecule has 0 fully saturated rings. The Bertz CT molecular complexity index is 1570. The minimum atomic E-state index is -1.33. The van der Waals surface area contributed by atoms with Crippen LogP contribution in [0.25, 0.3) is 22.0 Å². The van der Waals surface area contributed by atoms with Gasteiger partial charge in [0.1, 0.15) is 17.2 Å². The third-order valence-electron chi connectivity index (χ3n) is 6.40. The first-order valence-electron chi connectivity index (χ1n) is 11.1. The Morgan fingerprint density at radius 3 is 2.74 bits per heavy atom. The molecule has 1 aliphatic heterocycles. The highest BCUT2D eigenvalue weighted by Gasteiger charge is 2.22. The number of carbonyl (C=O) groups is 1. The zero-order valence-corrected chi connectivity index (χ0v) is 19.0. The fraction of sp³-hybridized carbons (Fsp3) is 0.200. The van der Waals surface area contributed by atoms with Gasteiger partial charge in [-0.1, -0.05) is 6.07 Å². The molecule has 5 N–H and O–H groups in total. The maximum absolute atomic E-state index is 15.2. The molecule has 0 spiro atoms. The van der Waals surface area contributed by atoms with E-state index in [1.165, 1.54) is 6.20 Å². The first-order valence-corrected chi connectivity index (χ1v) is 11.1. The Balaban J connectivity index is 1.54. The molecule has 3 heterocycles. The second kappa shape index (κ2) is 8.39. The summed E-state index contributed by atoms with van der Waals surface area (Å²) >= 11 is 0. The molecule has 10 heteroatoms. The van der Waals surface area contributed by atoms with E-state index in [2.05, 4.69) is 14.9 Å². The Morgan fingerprint density at radius 2 is 2.03 bits per heavy atom. The molecule has 178 valence electrons. The molecule has 0 atom stereocenters. The lowest BCUT2D eigenvalue weighted by Gasteiger charge is -2.20. The van der Waals surface area contributed by atoms with E-state index in [1.807, 2.05) is 25.1 Å². The van der Waals surface area contributed by atoms with Gasteiger partial charge in [0.15, 0.2) is 0 Å². The number of aryl methyl sites for hydroxylation is 1. The smallest absolute Gasteiger partial charge is 0.341 e. The van der Waals surface area contributed by atoms with Gasteiger partial charge in [0.2, 0.25) is 11.4 Å². The predicted octanol–water partition coefficient (Wildman–Crippen LogP) is 3.04. The lowest BCUT2D eigenvalue weighted by Crippen LogP contribution is -2.21. The van der Waals surface area contributed by atoms with Crippen LogP contribution in [0.5, 0.6) is 0 Å². The number of hydrogen-bond acceptors (Lipinski definition) is 7. The highest BCUT2D eigenvalue weighted by molar-refractivity contribution is 5.94. The molecule has 2 aromatic carbocycles. The van der Waals surface area contributed by atoms with Gasteiger partial charge in [0.25, 0.3) is 0 Å². The van der Waals surface area contributed by atoms with Crippen molar-refractivity contribution < 1.29 is 14.3 Å². The molecule has 0 amide bonds. The summed E-state index contributed by atoms with van der Waals surface area (Å²) in [5.74, 6) is -1.45. The Morgan fingerprint density at radius 1 is 1.23 bits per heavy atom. The molecule has 0 aliphatic carbocycles. The average molecular weight is 474 g/mol. The first kappa shape index (κ1) is 22.3. The van der Waals surface area contributed by atoms with E-state index in [9.17, 15) is 14.7 Å². The number of carboxylic acid groups (broad SMARTS) is 1. The van der Waals surface area contributed by atoms with Gasteiger partial charge in [-0.2, -0.15) is 4.98 Å². The van der Waals surface area contributed by atoms with Gasteiger partial charge in [-0.3, -0.25) is 4.79 Å². The van der Waals surface area contributed by atoms with Crippen molar-refractivity contribution >= 4 is 34.3 Å². The third-order valence-corrected chi connectivity index (χ3v) is 6.40. The van der Waals surface area contributed by atoms with Crippen LogP contribution in [0.15, 0.2) is 47.5 Å². The van der Waals surface area contributed by atoms with Crippen LogP contribution < -0.4 is 21.8 Å². The van der Waals surface area contributed by atoms with Gasteiger partial charge in [0.05, 0.1) is 5.52 Å². The SMILES string of the molecule is CCn1cc(C(=O)O)c(=O)c2cc(F)c(-c3ccc4c(c3)CCN4Cc3cnc(N)nc3N)cc21. The lowest BCUT2D eigenvalue weighted by atomic mass is 9.99. The number of hydrogen-bond donors (Lipinski definition) is 3. The van der Waals surface area contributed by atoms with Crippen LogP contribution in [0.1, 0.15) is 28.4 Å². The number of aromatic carboxylic acids is 1. The molecule has 2 aromatic heterocycles. The Hall–Kier alpha value is -4.47. The number of benzene rings is 2. The molecule has 9 nitrogen and oxygen atoms in total. The summed E-state index contributed by atoms with van der Waals surface area (Å²) in [6.45, 7) is 3.55. The van der Waals surface area contributed by atoms with Gasteiger partial charge in [-0.05, 0) is 48.7 Å². The van der Waals surface area contributed by atoms with Crippen molar-refractivity contribution in [1.29, 1.82) is 0 Å². The summed E-state index contributed by atoms with van der Waals surface area (Å²) < 4.78 is 16.9. The number of nitrogens with zero attached hydrogens (tertiary/aromatic N) is 4. The van der Waals surface area contributed by atoms with Gasteiger partial charge in [-0.15, -0.1) is 0 Å². The zero-order valence-electron chi connectivity index (χ0n) is 19.0. The van der Waals surface area contributed by atoms with Crippen molar-refractivity contribution in [2.75, 3.05) is 22.9 Å². The first-order chi connectivity index (χ1) is 16.8. The second-order valence-corrected chi connectivity index (χ2v) is 8.47. The second-order valence-electron chi connectivity index (χ2n) is 8.47. The van der Waals surface area contributed by atoms with Crippen LogP contribution in [0.3, 0.4) is 0 Å². The highest BCUT2D eigenvalue weighted by Crippen LogP contribution is 2.35. The molecular formula is C25H23FN6O3. The summed E-state index contributed by atoms with van der Waals surface area (Å²) in [6, 6.07) is 8.47. The largest absolute Gasteiger partial charge is 0.477 e. The van der Waals surface area contributed by atoms with E-state index in [-0.39, 0.29) is 16.9 Å². The van der Waals surface area contributed by atoms with Gasteiger partial charge < -0.3 is 26.0 Å². The zero-order chi connectivity index (χ0) is 24.9. The molecule has 35 heavy (non-hydrogen) atoms. The number of rotatable bonds is 5. The molecule has 0 bridgehead atoms. The quantitative estimate of drug-likeness (QED) is 0.401. The van der Waals surface area contributed by atoms with E-state index in [4.69, 9.17) is 11.5 Å². The molecule has 4 aromatic rings. The van der Waals surface area contributed by atoms with Crippen molar-refractivity contribution in [2.45, 2.75) is 26.4 Å². The molecule has 5 rings (SSSR count). The van der Waals surface area contributed by atoms with Gasteiger partial charge in [-0.25, -0.2) is 14.2 Å². The fourth-order valence-electron chi connectivity index (χ4n) is 4.61. The standard InChI is InChI=1S/C25H23FN6O3/c1-2-31-12-18(24(34)35)22(33)17-8-19(26)16(9-21(17)31)13-3-4-20-14(7-13)5-6-32(20)11-15-10-29-25(28)30-23(15)27/h3-4,7-10,12H,2,5-6,11H2,1H3,(H,34,35)(H4,27,28,29,30). The van der Waals surface area contributed by atoms with Crippen molar-refractivity contribution in [3.05, 3.63) is 75.5 Å². The van der Waals surface area contributed by atoms with Crippen LogP contribution in [0.2, 0.25) is 0 Å². The summed E-state index contributed by atoms with van der Waals surface area (Å²) in [6.07, 6.45) is 3.70. The van der Waals surface area contributed by atoms with Crippen molar-refractivity contribution in [3.8, 4) is 11.1 Å². The van der Waals surface area contributed by atoms with Crippen LogP contribution >= 0.6 is 0 Å². The predicted molar refractivity (Wildman–Crippen MR) is 132 cm³/mol. The summed E-state index contributed by atoms with van der Waals surface area (Å²) in [7, 11) is 0. The van der Waals surface area contributed by atoms with E-state index in [0.717, 1.165) is 35.8 Å². The molecule has 0 unspecified atom stereocenters. The maximum atomic E-state index is 15.2. The van der Waals surface area contributed by atoms with Crippen LogP contribution in [0.4, 0.5) is 21.8 Å². The minimum Gasteiger partial charge on any atom is -0.477 e. The topological polar surface area (TPSA) is 140 Å². The van der Waals surface area contributed by atoms with Crippen molar-refractivity contribution in [2.24, 2.45) is 0 Å². The fourth-order valence-corrected chi connectivity index (χ4v) is 4.61. The normalized spacial score (nSPS) is 12.8. The minimum absolute atomic E-state index is 0.0450. The molecule has 0 saturated heterocycles. The van der Waals surface area contributed by atoms with E-state index in [1.54, 1.807) is 16.8 Å².